The Morgan fingerprint density at radius 1 is 1.16 bits per heavy atom. The van der Waals surface area contributed by atoms with Crippen molar-refractivity contribution in [3.8, 4) is 11.4 Å². The minimum Gasteiger partial charge on any atom is -0.370 e. The van der Waals surface area contributed by atoms with Crippen molar-refractivity contribution in [3.63, 3.8) is 0 Å². The Hall–Kier alpha value is -2.00. The number of nitrogens with two attached hydrogens (primary N) is 2. The monoisotopic (exact) mass is 378 g/mol. The summed E-state index contributed by atoms with van der Waals surface area (Å²) in [4.78, 5) is 24.9. The van der Waals surface area contributed by atoms with Gasteiger partial charge in [-0.25, -0.2) is 9.97 Å². The Labute approximate surface area is 154 Å². The van der Waals surface area contributed by atoms with Gasteiger partial charge in [0.1, 0.15) is 16.4 Å². The predicted molar refractivity (Wildman–Crippen MR) is 102 cm³/mol. The molecule has 1 amide bonds. The van der Waals surface area contributed by atoms with E-state index < -0.39 is 0 Å². The normalized spacial score (nSPS) is 15.0. The molecule has 1 aliphatic carbocycles. The van der Waals surface area contributed by atoms with Crippen LogP contribution in [0, 0.1) is 5.92 Å². The van der Waals surface area contributed by atoms with Crippen LogP contribution in [0.4, 0.5) is 5.13 Å². The molecule has 134 valence electrons. The van der Waals surface area contributed by atoms with E-state index in [1.165, 1.54) is 54.8 Å². The number of hydrogen-bond acceptors (Lipinski definition) is 6. The van der Waals surface area contributed by atoms with Gasteiger partial charge >= 0.3 is 0 Å². The van der Waals surface area contributed by atoms with Crippen LogP contribution in [-0.4, -0.2) is 21.8 Å². The van der Waals surface area contributed by atoms with Gasteiger partial charge in [0.05, 0.1) is 6.54 Å². The fourth-order valence-electron chi connectivity index (χ4n) is 2.95. The molecule has 2 aromatic rings. The molecule has 0 spiro atoms. The molecule has 1 fully saturated rings. The van der Waals surface area contributed by atoms with Crippen LogP contribution in [-0.2, 0) is 11.3 Å². The first-order chi connectivity index (χ1) is 12.1. The lowest BCUT2D eigenvalue weighted by Gasteiger charge is -2.20. The molecule has 0 bridgehead atoms. The highest BCUT2D eigenvalue weighted by atomic mass is 32.1. The average Bonchev–Trinajstić information content (AvgIpc) is 3.22. The average molecular weight is 379 g/mol. The number of carbonyl (C=O) groups is 1. The lowest BCUT2D eigenvalue weighted by molar-refractivity contribution is -0.122. The Bertz CT molecular complexity index is 743. The Morgan fingerprint density at radius 3 is 2.64 bits per heavy atom. The zero-order chi connectivity index (χ0) is 17.6. The van der Waals surface area contributed by atoms with E-state index in [-0.39, 0.29) is 11.9 Å². The summed E-state index contributed by atoms with van der Waals surface area (Å²) < 4.78 is 0. The number of carbonyl (C=O) groups excluding carboxylic acids is 1. The second-order valence-electron chi connectivity index (χ2n) is 6.16. The van der Waals surface area contributed by atoms with E-state index in [2.05, 4.69) is 20.3 Å². The molecular weight excluding hydrogens is 356 g/mol. The van der Waals surface area contributed by atoms with E-state index in [1.807, 2.05) is 10.8 Å². The van der Waals surface area contributed by atoms with Crippen LogP contribution in [0.15, 0.2) is 15.8 Å². The first kappa shape index (κ1) is 17.8. The largest absolute Gasteiger partial charge is 0.370 e. The number of nitrogens with zero attached hydrogens (tertiary/aromatic N) is 3. The molecule has 3 rings (SSSR count). The van der Waals surface area contributed by atoms with E-state index in [9.17, 15) is 4.79 Å². The summed E-state index contributed by atoms with van der Waals surface area (Å²) in [6.07, 6.45) is 6.80. The molecule has 0 aliphatic heterocycles. The van der Waals surface area contributed by atoms with Crippen molar-refractivity contribution in [2.75, 3.05) is 0 Å². The maximum absolute atomic E-state index is 12.1. The third-order valence-electron chi connectivity index (χ3n) is 4.17. The number of thiazole rings is 2. The molecular formula is C16H22N6OS2. The zero-order valence-electron chi connectivity index (χ0n) is 13.9. The topological polar surface area (TPSA) is 119 Å². The number of guanidine groups is 1. The van der Waals surface area contributed by atoms with Crippen LogP contribution in [0.2, 0.25) is 0 Å². The summed E-state index contributed by atoms with van der Waals surface area (Å²) in [6.45, 7) is 0.459. The number of rotatable bonds is 6. The molecule has 0 unspecified atom stereocenters. The van der Waals surface area contributed by atoms with E-state index in [4.69, 9.17) is 11.5 Å². The Balaban J connectivity index is 1.52. The van der Waals surface area contributed by atoms with Gasteiger partial charge in [0.2, 0.25) is 11.0 Å². The Kier molecular flexibility index (Phi) is 5.98. The molecule has 1 aliphatic rings. The highest BCUT2D eigenvalue weighted by molar-refractivity contribution is 7.13. The maximum atomic E-state index is 12.1. The number of aliphatic imine (C=N–C) groups is 1. The lowest BCUT2D eigenvalue weighted by atomic mass is 9.87. The number of hydrogen-bond donors (Lipinski definition) is 3. The van der Waals surface area contributed by atoms with Crippen molar-refractivity contribution >= 4 is 39.7 Å². The van der Waals surface area contributed by atoms with Crippen LogP contribution >= 0.6 is 22.7 Å². The molecule has 2 heterocycles. The molecule has 7 nitrogen and oxygen atoms in total. The molecule has 9 heteroatoms. The van der Waals surface area contributed by atoms with Crippen LogP contribution in [0.1, 0.15) is 43.5 Å². The highest BCUT2D eigenvalue weighted by Crippen LogP contribution is 2.28. The van der Waals surface area contributed by atoms with Gasteiger partial charge in [-0.15, -0.1) is 22.7 Å². The summed E-state index contributed by atoms with van der Waals surface area (Å²) in [6, 6.07) is 0. The van der Waals surface area contributed by atoms with E-state index in [0.29, 0.717) is 24.0 Å². The molecule has 0 atom stereocenters. The van der Waals surface area contributed by atoms with Gasteiger partial charge in [0, 0.05) is 17.2 Å². The van der Waals surface area contributed by atoms with Gasteiger partial charge in [-0.05, 0) is 18.8 Å². The molecule has 2 aromatic heterocycles. The highest BCUT2D eigenvalue weighted by Gasteiger charge is 2.17. The lowest BCUT2D eigenvalue weighted by Crippen LogP contribution is -2.25. The third kappa shape index (κ3) is 5.23. The van der Waals surface area contributed by atoms with Gasteiger partial charge in [-0.1, -0.05) is 19.3 Å². The van der Waals surface area contributed by atoms with E-state index in [0.717, 1.165) is 16.4 Å². The van der Waals surface area contributed by atoms with Gasteiger partial charge in [0.25, 0.3) is 0 Å². The van der Waals surface area contributed by atoms with Crippen molar-refractivity contribution in [2.45, 2.75) is 45.1 Å². The molecule has 1 saturated carbocycles. The maximum Gasteiger partial charge on any atom is 0.220 e. The van der Waals surface area contributed by atoms with Gasteiger partial charge in [-0.3, -0.25) is 4.79 Å². The van der Waals surface area contributed by atoms with Crippen molar-refractivity contribution < 1.29 is 4.79 Å². The van der Waals surface area contributed by atoms with Crippen molar-refractivity contribution in [3.05, 3.63) is 15.8 Å². The molecule has 0 saturated heterocycles. The van der Waals surface area contributed by atoms with Crippen LogP contribution < -0.4 is 16.8 Å². The van der Waals surface area contributed by atoms with Gasteiger partial charge < -0.3 is 16.8 Å². The van der Waals surface area contributed by atoms with Crippen LogP contribution in [0.3, 0.4) is 0 Å². The predicted octanol–water partition coefficient (Wildman–Crippen LogP) is 2.76. The van der Waals surface area contributed by atoms with Crippen LogP contribution in [0.5, 0.6) is 0 Å². The second-order valence-corrected chi connectivity index (χ2v) is 7.94. The van der Waals surface area contributed by atoms with E-state index >= 15 is 0 Å². The van der Waals surface area contributed by atoms with Gasteiger partial charge in [-0.2, -0.15) is 4.99 Å². The molecule has 0 radical (unpaired) electrons. The smallest absolute Gasteiger partial charge is 0.220 e. The van der Waals surface area contributed by atoms with Crippen molar-refractivity contribution in [1.82, 2.24) is 15.3 Å². The third-order valence-corrected chi connectivity index (χ3v) is 5.75. The summed E-state index contributed by atoms with van der Waals surface area (Å²) in [5, 5.41) is 8.14. The number of nitrogens with one attached hydrogen (secondary N) is 1. The quantitative estimate of drug-likeness (QED) is 0.527. The van der Waals surface area contributed by atoms with E-state index in [1.54, 1.807) is 0 Å². The fourth-order valence-corrected chi connectivity index (χ4v) is 4.38. The first-order valence-corrected chi connectivity index (χ1v) is 10.1. The van der Waals surface area contributed by atoms with Crippen LogP contribution in [0.25, 0.3) is 11.4 Å². The van der Waals surface area contributed by atoms with Gasteiger partial charge in [0.15, 0.2) is 5.96 Å². The second kappa shape index (κ2) is 8.39. The first-order valence-electron chi connectivity index (χ1n) is 8.37. The number of amides is 1. The van der Waals surface area contributed by atoms with Crippen molar-refractivity contribution in [2.24, 2.45) is 22.4 Å². The van der Waals surface area contributed by atoms with Crippen molar-refractivity contribution in [1.29, 1.82) is 0 Å². The Morgan fingerprint density at radius 2 is 1.88 bits per heavy atom. The minimum absolute atomic E-state index is 0.0134. The molecule has 5 N–H and O–H groups in total. The summed E-state index contributed by atoms with van der Waals surface area (Å²) in [7, 11) is 0. The standard InChI is InChI=1S/C16H22N6OS2/c17-15(18)22-16-21-12(9-25-16)11-8-24-14(20-11)7-19-13(23)6-10-4-2-1-3-5-10/h8-10H,1-7H2,(H,19,23)(H4,17,18,21,22). The summed E-state index contributed by atoms with van der Waals surface area (Å²) in [5.74, 6) is 0.650. The molecule has 25 heavy (non-hydrogen) atoms. The fraction of sp³-hybridized carbons (Fsp3) is 0.500. The number of aromatic nitrogens is 2. The summed E-state index contributed by atoms with van der Waals surface area (Å²) >= 11 is 2.87. The zero-order valence-corrected chi connectivity index (χ0v) is 15.5. The SMILES string of the molecule is NC(N)=Nc1nc(-c2csc(CNC(=O)CC3CCCCC3)n2)cs1. The summed E-state index contributed by atoms with van der Waals surface area (Å²) in [5.41, 5.74) is 12.2. The minimum atomic E-state index is -0.0134. The molecule has 0 aromatic carbocycles.